The average Bonchev–Trinajstić information content (AvgIpc) is 2.94. The predicted molar refractivity (Wildman–Crippen MR) is 117 cm³/mol. The van der Waals surface area contributed by atoms with Crippen molar-refractivity contribution < 1.29 is 13.9 Å². The van der Waals surface area contributed by atoms with Crippen molar-refractivity contribution in [2.75, 3.05) is 17.2 Å². The Morgan fingerprint density at radius 2 is 2.00 bits per heavy atom. The van der Waals surface area contributed by atoms with E-state index in [1.54, 1.807) is 13.0 Å². The SMILES string of the molecule is CCOC(=O)c1c(NC(=S)Nc2ccc(Cl)cc2F)sc2c1CCCCCC2. The number of thiophene rings is 1. The number of nitrogens with one attached hydrogen (secondary N) is 2. The third-order valence-electron chi connectivity index (χ3n) is 4.56. The molecule has 0 fully saturated rings. The Labute approximate surface area is 178 Å². The molecule has 0 spiro atoms. The van der Waals surface area contributed by atoms with Gasteiger partial charge in [0.2, 0.25) is 0 Å². The van der Waals surface area contributed by atoms with Crippen LogP contribution >= 0.6 is 35.2 Å². The van der Waals surface area contributed by atoms with Crippen LogP contribution in [0.5, 0.6) is 0 Å². The van der Waals surface area contributed by atoms with Crippen molar-refractivity contribution in [2.24, 2.45) is 0 Å². The summed E-state index contributed by atoms with van der Waals surface area (Å²) in [7, 11) is 0. The van der Waals surface area contributed by atoms with Crippen molar-refractivity contribution >= 4 is 56.9 Å². The number of hydrogen-bond acceptors (Lipinski definition) is 4. The van der Waals surface area contributed by atoms with Crippen LogP contribution in [0.4, 0.5) is 15.1 Å². The van der Waals surface area contributed by atoms with Crippen LogP contribution in [-0.2, 0) is 17.6 Å². The Kier molecular flexibility index (Phi) is 7.26. The minimum atomic E-state index is -0.499. The zero-order valence-electron chi connectivity index (χ0n) is 15.6. The first-order chi connectivity index (χ1) is 13.5. The first-order valence-corrected chi connectivity index (χ1v) is 10.9. The van der Waals surface area contributed by atoms with Crippen LogP contribution in [0.3, 0.4) is 0 Å². The fraction of sp³-hybridized carbons (Fsp3) is 0.400. The molecule has 28 heavy (non-hydrogen) atoms. The summed E-state index contributed by atoms with van der Waals surface area (Å²) in [6.45, 7) is 2.10. The number of aryl methyl sites for hydroxylation is 1. The zero-order chi connectivity index (χ0) is 20.1. The van der Waals surface area contributed by atoms with Gasteiger partial charge in [-0.15, -0.1) is 11.3 Å². The summed E-state index contributed by atoms with van der Waals surface area (Å²) < 4.78 is 19.3. The number of esters is 1. The molecule has 1 aliphatic rings. The number of carbonyl (C=O) groups is 1. The Morgan fingerprint density at radius 3 is 2.71 bits per heavy atom. The Morgan fingerprint density at radius 1 is 1.25 bits per heavy atom. The van der Waals surface area contributed by atoms with Crippen LogP contribution in [-0.4, -0.2) is 17.7 Å². The summed E-state index contributed by atoms with van der Waals surface area (Å²) in [6, 6.07) is 4.32. The maximum atomic E-state index is 14.0. The van der Waals surface area contributed by atoms with Crippen molar-refractivity contribution in [3.8, 4) is 0 Å². The molecule has 0 saturated heterocycles. The Hall–Kier alpha value is -1.70. The molecule has 0 atom stereocenters. The number of hydrogen-bond donors (Lipinski definition) is 2. The highest BCUT2D eigenvalue weighted by atomic mass is 35.5. The summed E-state index contributed by atoms with van der Waals surface area (Å²) in [6.07, 6.45) is 6.32. The van der Waals surface area contributed by atoms with Gasteiger partial charge in [-0.05, 0) is 68.6 Å². The largest absolute Gasteiger partial charge is 0.462 e. The molecule has 0 unspecified atom stereocenters. The molecule has 150 valence electrons. The van der Waals surface area contributed by atoms with Crippen molar-refractivity contribution in [1.29, 1.82) is 0 Å². The molecule has 0 amide bonds. The van der Waals surface area contributed by atoms with E-state index in [1.807, 2.05) is 0 Å². The lowest BCUT2D eigenvalue weighted by atomic mass is 9.96. The average molecular weight is 441 g/mol. The molecule has 2 aromatic rings. The highest BCUT2D eigenvalue weighted by Gasteiger charge is 2.25. The summed E-state index contributed by atoms with van der Waals surface area (Å²) in [5.41, 5.74) is 1.84. The van der Waals surface area contributed by atoms with Crippen LogP contribution in [0.2, 0.25) is 5.02 Å². The molecule has 1 aromatic carbocycles. The third-order valence-corrected chi connectivity index (χ3v) is 6.20. The number of fused-ring (bicyclic) bond motifs is 1. The number of halogens is 2. The smallest absolute Gasteiger partial charge is 0.341 e. The van der Waals surface area contributed by atoms with Crippen molar-refractivity contribution in [1.82, 2.24) is 0 Å². The number of thiocarbonyl (C=S) groups is 1. The van der Waals surface area contributed by atoms with Crippen LogP contribution in [0.1, 0.15) is 53.4 Å². The molecule has 2 N–H and O–H groups in total. The van der Waals surface area contributed by atoms with Gasteiger partial charge in [0, 0.05) is 9.90 Å². The number of ether oxygens (including phenoxy) is 1. The second-order valence-corrected chi connectivity index (χ2v) is 8.50. The lowest BCUT2D eigenvalue weighted by Crippen LogP contribution is -2.21. The van der Waals surface area contributed by atoms with E-state index in [1.165, 1.54) is 34.8 Å². The minimum Gasteiger partial charge on any atom is -0.462 e. The van der Waals surface area contributed by atoms with Gasteiger partial charge >= 0.3 is 5.97 Å². The van der Waals surface area contributed by atoms with Gasteiger partial charge in [0.1, 0.15) is 10.8 Å². The Balaban J connectivity index is 1.86. The number of carbonyl (C=O) groups excluding carboxylic acids is 1. The van der Waals surface area contributed by atoms with Gasteiger partial charge in [0.25, 0.3) is 0 Å². The van der Waals surface area contributed by atoms with Gasteiger partial charge in [-0.3, -0.25) is 0 Å². The van der Waals surface area contributed by atoms with E-state index in [2.05, 4.69) is 10.6 Å². The Bertz CT molecular complexity index is 885. The molecule has 1 aliphatic carbocycles. The van der Waals surface area contributed by atoms with Gasteiger partial charge in [0.05, 0.1) is 17.9 Å². The van der Waals surface area contributed by atoms with Crippen LogP contribution in [0.15, 0.2) is 18.2 Å². The molecule has 1 heterocycles. The van der Waals surface area contributed by atoms with E-state index in [0.29, 0.717) is 22.2 Å². The molecule has 4 nitrogen and oxygen atoms in total. The monoisotopic (exact) mass is 440 g/mol. The molecule has 8 heteroatoms. The molecule has 0 bridgehead atoms. The minimum absolute atomic E-state index is 0.209. The molecule has 0 radical (unpaired) electrons. The maximum Gasteiger partial charge on any atom is 0.341 e. The summed E-state index contributed by atoms with van der Waals surface area (Å²) >= 11 is 12.7. The number of rotatable bonds is 4. The number of benzene rings is 1. The molecule has 1 aromatic heterocycles. The summed E-state index contributed by atoms with van der Waals surface area (Å²) in [5, 5.41) is 7.08. The number of anilines is 2. The molecular formula is C20H22ClFN2O2S2. The van der Waals surface area contributed by atoms with Crippen molar-refractivity contribution in [3.05, 3.63) is 45.0 Å². The second kappa shape index (κ2) is 9.67. The normalized spacial score (nSPS) is 13.8. The van der Waals surface area contributed by atoms with Crippen LogP contribution < -0.4 is 10.6 Å². The van der Waals surface area contributed by atoms with Crippen molar-refractivity contribution in [2.45, 2.75) is 45.4 Å². The van der Waals surface area contributed by atoms with E-state index in [9.17, 15) is 9.18 Å². The highest BCUT2D eigenvalue weighted by molar-refractivity contribution is 7.80. The maximum absolute atomic E-state index is 14.0. The van der Waals surface area contributed by atoms with E-state index < -0.39 is 5.82 Å². The van der Waals surface area contributed by atoms with Gasteiger partial charge in [-0.1, -0.05) is 24.4 Å². The van der Waals surface area contributed by atoms with E-state index in [0.717, 1.165) is 37.7 Å². The van der Waals surface area contributed by atoms with Gasteiger partial charge < -0.3 is 15.4 Å². The van der Waals surface area contributed by atoms with Crippen LogP contribution in [0, 0.1) is 5.82 Å². The molecule has 3 rings (SSSR count). The van der Waals surface area contributed by atoms with Crippen molar-refractivity contribution in [3.63, 3.8) is 0 Å². The highest BCUT2D eigenvalue weighted by Crippen LogP contribution is 2.37. The predicted octanol–water partition coefficient (Wildman–Crippen LogP) is 6.19. The molecular weight excluding hydrogens is 419 g/mol. The van der Waals surface area contributed by atoms with Gasteiger partial charge in [0.15, 0.2) is 5.11 Å². The lowest BCUT2D eigenvalue weighted by Gasteiger charge is -2.13. The molecule has 0 saturated carbocycles. The van der Waals surface area contributed by atoms with Gasteiger partial charge in [-0.25, -0.2) is 9.18 Å². The topological polar surface area (TPSA) is 50.4 Å². The van der Waals surface area contributed by atoms with Gasteiger partial charge in [-0.2, -0.15) is 0 Å². The van der Waals surface area contributed by atoms with Crippen LogP contribution in [0.25, 0.3) is 0 Å². The molecule has 0 aliphatic heterocycles. The van der Waals surface area contributed by atoms with E-state index in [-0.39, 0.29) is 16.8 Å². The lowest BCUT2D eigenvalue weighted by molar-refractivity contribution is 0.0526. The third kappa shape index (κ3) is 5.01. The standard InChI is InChI=1S/C20H22ClFN2O2S2/c1-2-26-19(25)17-13-7-5-3-4-6-8-16(13)28-18(17)24-20(27)23-15-10-9-12(21)11-14(15)22/h9-11H,2-8H2,1H3,(H2,23,24,27). The zero-order valence-corrected chi connectivity index (χ0v) is 18.0. The fourth-order valence-corrected chi connectivity index (χ4v) is 4.99. The fourth-order valence-electron chi connectivity index (χ4n) is 3.27. The van der Waals surface area contributed by atoms with E-state index in [4.69, 9.17) is 28.6 Å². The second-order valence-electron chi connectivity index (χ2n) is 6.55. The van der Waals surface area contributed by atoms with E-state index >= 15 is 0 Å². The summed E-state index contributed by atoms with van der Waals surface area (Å²) in [4.78, 5) is 13.8. The first kappa shape index (κ1) is 21.0. The first-order valence-electron chi connectivity index (χ1n) is 9.34. The summed E-state index contributed by atoms with van der Waals surface area (Å²) in [5.74, 6) is -0.843. The quantitative estimate of drug-likeness (QED) is 0.438.